The second-order valence-corrected chi connectivity index (χ2v) is 6.27. The first-order valence-electron chi connectivity index (χ1n) is 7.77. The first-order chi connectivity index (χ1) is 8.72. The van der Waals surface area contributed by atoms with Gasteiger partial charge in [0, 0.05) is 38.3 Å². The van der Waals surface area contributed by atoms with Crippen molar-refractivity contribution in [3.63, 3.8) is 0 Å². The minimum absolute atomic E-state index is 0.685. The highest BCUT2D eigenvalue weighted by Crippen LogP contribution is 2.34. The largest absolute Gasteiger partial charge is 0.380 e. The molecule has 1 aliphatic carbocycles. The topological polar surface area (TPSA) is 24.5 Å². The van der Waals surface area contributed by atoms with Crippen molar-refractivity contribution in [1.29, 1.82) is 0 Å². The van der Waals surface area contributed by atoms with Gasteiger partial charge in [0.2, 0.25) is 0 Å². The SMILES string of the molecule is CCCOCCN1CC(C2CC2)NCC1C(C)C. The Hall–Kier alpha value is -0.120. The molecular weight excluding hydrogens is 224 g/mol. The zero-order chi connectivity index (χ0) is 13.0. The molecule has 2 unspecified atom stereocenters. The van der Waals surface area contributed by atoms with E-state index in [1.165, 1.54) is 19.4 Å². The molecule has 0 aromatic rings. The molecule has 18 heavy (non-hydrogen) atoms. The molecule has 2 fully saturated rings. The monoisotopic (exact) mass is 254 g/mol. The van der Waals surface area contributed by atoms with Gasteiger partial charge in [-0.1, -0.05) is 20.8 Å². The Labute approximate surface area is 112 Å². The zero-order valence-electron chi connectivity index (χ0n) is 12.3. The lowest BCUT2D eigenvalue weighted by atomic mass is 9.97. The Morgan fingerprint density at radius 3 is 2.67 bits per heavy atom. The maximum absolute atomic E-state index is 5.66. The Bertz CT molecular complexity index is 241. The summed E-state index contributed by atoms with van der Waals surface area (Å²) in [6.07, 6.45) is 3.99. The van der Waals surface area contributed by atoms with Gasteiger partial charge in [0.05, 0.1) is 6.61 Å². The van der Waals surface area contributed by atoms with Gasteiger partial charge in [0.15, 0.2) is 0 Å². The third-order valence-electron chi connectivity index (χ3n) is 4.32. The fourth-order valence-electron chi connectivity index (χ4n) is 3.01. The normalized spacial score (nSPS) is 30.0. The van der Waals surface area contributed by atoms with Crippen molar-refractivity contribution in [2.45, 2.75) is 52.1 Å². The van der Waals surface area contributed by atoms with Crippen LogP contribution in [0.5, 0.6) is 0 Å². The van der Waals surface area contributed by atoms with Gasteiger partial charge >= 0.3 is 0 Å². The van der Waals surface area contributed by atoms with Gasteiger partial charge in [-0.05, 0) is 31.1 Å². The summed E-state index contributed by atoms with van der Waals surface area (Å²) in [7, 11) is 0. The maximum Gasteiger partial charge on any atom is 0.0593 e. The van der Waals surface area contributed by atoms with Crippen LogP contribution in [0.3, 0.4) is 0 Å². The van der Waals surface area contributed by atoms with Gasteiger partial charge in [0.1, 0.15) is 0 Å². The molecule has 1 saturated heterocycles. The molecular formula is C15H30N2O. The van der Waals surface area contributed by atoms with Crippen molar-refractivity contribution in [3.05, 3.63) is 0 Å². The van der Waals surface area contributed by atoms with Crippen molar-refractivity contribution < 1.29 is 4.74 Å². The molecule has 0 aromatic carbocycles. The van der Waals surface area contributed by atoms with E-state index in [2.05, 4.69) is 31.0 Å². The molecule has 3 heteroatoms. The lowest BCUT2D eigenvalue weighted by Gasteiger charge is -2.42. The van der Waals surface area contributed by atoms with Gasteiger partial charge < -0.3 is 10.1 Å². The van der Waals surface area contributed by atoms with Crippen LogP contribution in [0.1, 0.15) is 40.0 Å². The summed E-state index contributed by atoms with van der Waals surface area (Å²) < 4.78 is 5.66. The number of nitrogens with one attached hydrogen (secondary N) is 1. The van der Waals surface area contributed by atoms with Gasteiger partial charge in [-0.25, -0.2) is 0 Å². The Morgan fingerprint density at radius 2 is 2.06 bits per heavy atom. The van der Waals surface area contributed by atoms with E-state index in [0.29, 0.717) is 6.04 Å². The molecule has 106 valence electrons. The first-order valence-corrected chi connectivity index (χ1v) is 7.77. The Kier molecular flexibility index (Phi) is 5.46. The minimum atomic E-state index is 0.685. The van der Waals surface area contributed by atoms with Crippen molar-refractivity contribution in [3.8, 4) is 0 Å². The van der Waals surface area contributed by atoms with E-state index in [4.69, 9.17) is 4.74 Å². The summed E-state index contributed by atoms with van der Waals surface area (Å²) in [4.78, 5) is 2.67. The van der Waals surface area contributed by atoms with E-state index in [0.717, 1.165) is 50.6 Å². The van der Waals surface area contributed by atoms with Crippen LogP contribution < -0.4 is 5.32 Å². The number of hydrogen-bond acceptors (Lipinski definition) is 3. The van der Waals surface area contributed by atoms with E-state index in [1.807, 2.05) is 0 Å². The summed E-state index contributed by atoms with van der Waals surface area (Å²) >= 11 is 0. The van der Waals surface area contributed by atoms with Gasteiger partial charge in [-0.2, -0.15) is 0 Å². The zero-order valence-corrected chi connectivity index (χ0v) is 12.3. The van der Waals surface area contributed by atoms with Crippen LogP contribution >= 0.6 is 0 Å². The van der Waals surface area contributed by atoms with E-state index in [9.17, 15) is 0 Å². The summed E-state index contributed by atoms with van der Waals surface area (Å²) in [5.74, 6) is 1.68. The van der Waals surface area contributed by atoms with Gasteiger partial charge in [-0.3, -0.25) is 4.90 Å². The standard InChI is InChI=1S/C15H30N2O/c1-4-8-18-9-7-17-11-14(13-5-6-13)16-10-15(17)12(2)3/h12-16H,4-11H2,1-3H3. The molecule has 2 aliphatic rings. The second kappa shape index (κ2) is 6.88. The van der Waals surface area contributed by atoms with Crippen LogP contribution in [-0.4, -0.2) is 49.8 Å². The fraction of sp³-hybridized carbons (Fsp3) is 1.00. The highest BCUT2D eigenvalue weighted by Gasteiger charge is 2.37. The van der Waals surface area contributed by atoms with Gasteiger partial charge in [0.25, 0.3) is 0 Å². The summed E-state index contributed by atoms with van der Waals surface area (Å²) in [6.45, 7) is 12.1. The molecule has 0 radical (unpaired) electrons. The molecule has 0 bridgehead atoms. The average Bonchev–Trinajstić information content (AvgIpc) is 3.18. The van der Waals surface area contributed by atoms with E-state index in [-0.39, 0.29) is 0 Å². The first kappa shape index (κ1) is 14.3. The Morgan fingerprint density at radius 1 is 1.28 bits per heavy atom. The van der Waals surface area contributed by atoms with Crippen LogP contribution in [0.4, 0.5) is 0 Å². The quantitative estimate of drug-likeness (QED) is 0.704. The molecule has 0 spiro atoms. The molecule has 1 saturated carbocycles. The highest BCUT2D eigenvalue weighted by molar-refractivity contribution is 4.95. The fourth-order valence-corrected chi connectivity index (χ4v) is 3.01. The van der Waals surface area contributed by atoms with Crippen LogP contribution in [-0.2, 0) is 4.74 Å². The molecule has 0 amide bonds. The molecule has 1 aliphatic heterocycles. The smallest absolute Gasteiger partial charge is 0.0593 e. The van der Waals surface area contributed by atoms with E-state index in [1.54, 1.807) is 0 Å². The minimum Gasteiger partial charge on any atom is -0.380 e. The highest BCUT2D eigenvalue weighted by atomic mass is 16.5. The second-order valence-electron chi connectivity index (χ2n) is 6.27. The molecule has 2 atom stereocenters. The van der Waals surface area contributed by atoms with Crippen molar-refractivity contribution >= 4 is 0 Å². The number of ether oxygens (including phenoxy) is 1. The molecule has 3 nitrogen and oxygen atoms in total. The number of nitrogens with zero attached hydrogens (tertiary/aromatic N) is 1. The molecule has 2 rings (SSSR count). The van der Waals surface area contributed by atoms with Crippen LogP contribution in [0.2, 0.25) is 0 Å². The van der Waals surface area contributed by atoms with Crippen LogP contribution in [0.25, 0.3) is 0 Å². The summed E-state index contributed by atoms with van der Waals surface area (Å²) in [6, 6.07) is 1.43. The molecule has 1 heterocycles. The lowest BCUT2D eigenvalue weighted by Crippen LogP contribution is -2.59. The van der Waals surface area contributed by atoms with Gasteiger partial charge in [-0.15, -0.1) is 0 Å². The van der Waals surface area contributed by atoms with E-state index >= 15 is 0 Å². The van der Waals surface area contributed by atoms with Crippen molar-refractivity contribution in [1.82, 2.24) is 10.2 Å². The molecule has 0 aromatic heterocycles. The average molecular weight is 254 g/mol. The third-order valence-corrected chi connectivity index (χ3v) is 4.32. The summed E-state index contributed by atoms with van der Waals surface area (Å²) in [5, 5.41) is 3.76. The molecule has 1 N–H and O–H groups in total. The van der Waals surface area contributed by atoms with Crippen molar-refractivity contribution in [2.75, 3.05) is 32.8 Å². The lowest BCUT2D eigenvalue weighted by molar-refractivity contribution is 0.0474. The third kappa shape index (κ3) is 3.94. The Balaban J connectivity index is 1.79. The van der Waals surface area contributed by atoms with E-state index < -0.39 is 0 Å². The predicted molar refractivity (Wildman–Crippen MR) is 75.8 cm³/mol. The summed E-state index contributed by atoms with van der Waals surface area (Å²) in [5.41, 5.74) is 0. The van der Waals surface area contributed by atoms with Crippen LogP contribution in [0.15, 0.2) is 0 Å². The number of piperazine rings is 1. The maximum atomic E-state index is 5.66. The number of rotatable bonds is 7. The number of hydrogen-bond donors (Lipinski definition) is 1. The van der Waals surface area contributed by atoms with Crippen LogP contribution in [0, 0.1) is 11.8 Å². The predicted octanol–water partition coefficient (Wildman–Crippen LogP) is 2.12. The van der Waals surface area contributed by atoms with Crippen molar-refractivity contribution in [2.24, 2.45) is 11.8 Å².